The molecular formula is C30H59O8P. The van der Waals surface area contributed by atoms with Crippen LogP contribution in [0.25, 0.3) is 0 Å². The van der Waals surface area contributed by atoms with Crippen LogP contribution in [0.5, 0.6) is 0 Å². The Hall–Kier alpha value is -0.950. The van der Waals surface area contributed by atoms with Crippen molar-refractivity contribution in [1.29, 1.82) is 0 Å². The van der Waals surface area contributed by atoms with Crippen molar-refractivity contribution in [3.05, 3.63) is 0 Å². The van der Waals surface area contributed by atoms with Gasteiger partial charge in [0.15, 0.2) is 6.10 Å². The molecule has 0 aromatic rings. The highest BCUT2D eigenvalue weighted by molar-refractivity contribution is 7.47. The van der Waals surface area contributed by atoms with E-state index in [0.717, 1.165) is 38.5 Å². The lowest BCUT2D eigenvalue weighted by molar-refractivity contribution is -0.161. The van der Waals surface area contributed by atoms with E-state index in [1.54, 1.807) is 0 Å². The van der Waals surface area contributed by atoms with Gasteiger partial charge in [-0.15, -0.1) is 0 Å². The first-order valence-corrected chi connectivity index (χ1v) is 17.3. The van der Waals surface area contributed by atoms with E-state index in [1.807, 2.05) is 6.92 Å². The van der Waals surface area contributed by atoms with Gasteiger partial charge in [0.25, 0.3) is 0 Å². The van der Waals surface area contributed by atoms with E-state index in [-0.39, 0.29) is 32.2 Å². The molecule has 0 aromatic carbocycles. The fourth-order valence-corrected chi connectivity index (χ4v) is 5.04. The number of ether oxygens (including phenoxy) is 2. The van der Waals surface area contributed by atoms with Crippen LogP contribution in [0, 0.1) is 0 Å². The molecule has 0 bridgehead atoms. The molecular weight excluding hydrogens is 519 g/mol. The Bertz CT molecular complexity index is 628. The SMILES string of the molecule is CCCCCCCCCCCC(=O)OCC(COP(=O)(O)OCCC)OC(=O)CCCCCCCCCCC. The molecule has 232 valence electrons. The number of carbonyl (C=O) groups is 2. The highest BCUT2D eigenvalue weighted by Crippen LogP contribution is 2.43. The zero-order valence-electron chi connectivity index (χ0n) is 25.3. The first kappa shape index (κ1) is 38.0. The normalized spacial score (nSPS) is 13.6. The van der Waals surface area contributed by atoms with E-state index >= 15 is 0 Å². The van der Waals surface area contributed by atoms with E-state index in [2.05, 4.69) is 13.8 Å². The molecule has 0 aromatic heterocycles. The van der Waals surface area contributed by atoms with Gasteiger partial charge in [0, 0.05) is 12.8 Å². The Morgan fingerprint density at radius 1 is 0.590 bits per heavy atom. The lowest BCUT2D eigenvalue weighted by Gasteiger charge is -2.20. The summed E-state index contributed by atoms with van der Waals surface area (Å²) >= 11 is 0. The van der Waals surface area contributed by atoms with E-state index in [0.29, 0.717) is 12.8 Å². The number of hydrogen-bond donors (Lipinski definition) is 1. The maximum absolute atomic E-state index is 12.4. The molecule has 2 atom stereocenters. The van der Waals surface area contributed by atoms with Gasteiger partial charge in [0.1, 0.15) is 6.61 Å². The zero-order chi connectivity index (χ0) is 29.0. The molecule has 0 fully saturated rings. The Balaban J connectivity index is 4.33. The summed E-state index contributed by atoms with van der Waals surface area (Å²) < 4.78 is 32.6. The van der Waals surface area contributed by atoms with Crippen molar-refractivity contribution < 1.29 is 37.6 Å². The fraction of sp³-hybridized carbons (Fsp3) is 0.933. The van der Waals surface area contributed by atoms with Crippen molar-refractivity contribution in [2.24, 2.45) is 0 Å². The van der Waals surface area contributed by atoms with Crippen molar-refractivity contribution in [2.45, 2.75) is 162 Å². The minimum absolute atomic E-state index is 0.0740. The van der Waals surface area contributed by atoms with Gasteiger partial charge >= 0.3 is 19.8 Å². The van der Waals surface area contributed by atoms with Crippen LogP contribution in [-0.2, 0) is 32.7 Å². The Labute approximate surface area is 238 Å². The Morgan fingerprint density at radius 2 is 1.03 bits per heavy atom. The van der Waals surface area contributed by atoms with Crippen LogP contribution >= 0.6 is 7.82 Å². The highest BCUT2D eigenvalue weighted by Gasteiger charge is 2.25. The number of rotatable bonds is 29. The molecule has 0 aliphatic heterocycles. The van der Waals surface area contributed by atoms with Gasteiger partial charge in [-0.05, 0) is 19.3 Å². The van der Waals surface area contributed by atoms with Crippen molar-refractivity contribution in [1.82, 2.24) is 0 Å². The largest absolute Gasteiger partial charge is 0.472 e. The first-order chi connectivity index (χ1) is 18.8. The molecule has 0 rings (SSSR count). The summed E-state index contributed by atoms with van der Waals surface area (Å²) in [5, 5.41) is 0. The predicted octanol–water partition coefficient (Wildman–Crippen LogP) is 8.83. The first-order valence-electron chi connectivity index (χ1n) is 15.8. The van der Waals surface area contributed by atoms with Crippen LogP contribution in [0.4, 0.5) is 0 Å². The second kappa shape index (κ2) is 27.2. The summed E-state index contributed by atoms with van der Waals surface area (Å²) in [4.78, 5) is 34.4. The quantitative estimate of drug-likeness (QED) is 0.0533. The molecule has 1 N–H and O–H groups in total. The van der Waals surface area contributed by atoms with Gasteiger partial charge in [0.2, 0.25) is 0 Å². The summed E-state index contributed by atoms with van der Waals surface area (Å²) in [6.07, 6.45) is 20.8. The summed E-state index contributed by atoms with van der Waals surface area (Å²) in [5.41, 5.74) is 0. The summed E-state index contributed by atoms with van der Waals surface area (Å²) in [5.74, 6) is -0.795. The topological polar surface area (TPSA) is 108 Å². The lowest BCUT2D eigenvalue weighted by Crippen LogP contribution is -2.29. The van der Waals surface area contributed by atoms with E-state index in [1.165, 1.54) is 77.0 Å². The van der Waals surface area contributed by atoms with Crippen LogP contribution in [0.2, 0.25) is 0 Å². The molecule has 0 aliphatic carbocycles. The maximum Gasteiger partial charge on any atom is 0.472 e. The number of carbonyl (C=O) groups excluding carboxylic acids is 2. The third kappa shape index (κ3) is 27.0. The minimum atomic E-state index is -4.27. The van der Waals surface area contributed by atoms with E-state index in [4.69, 9.17) is 18.5 Å². The van der Waals surface area contributed by atoms with Crippen molar-refractivity contribution in [3.8, 4) is 0 Å². The Kier molecular flexibility index (Phi) is 26.6. The third-order valence-corrected chi connectivity index (χ3v) is 7.56. The minimum Gasteiger partial charge on any atom is -0.462 e. The molecule has 0 saturated heterocycles. The molecule has 0 saturated carbocycles. The van der Waals surface area contributed by atoms with Crippen molar-refractivity contribution in [3.63, 3.8) is 0 Å². The number of hydrogen-bond acceptors (Lipinski definition) is 7. The third-order valence-electron chi connectivity index (χ3n) is 6.58. The Morgan fingerprint density at radius 3 is 1.49 bits per heavy atom. The standard InChI is InChI=1S/C30H59O8P/c1-4-7-9-11-13-15-17-19-21-23-29(31)35-26-28(27-37-39(33,34)36-25-6-3)38-30(32)24-22-20-18-16-14-12-10-8-5-2/h28H,4-27H2,1-3H3,(H,33,34). The number of phosphoric ester groups is 1. The molecule has 39 heavy (non-hydrogen) atoms. The summed E-state index contributed by atoms with van der Waals surface area (Å²) in [7, 11) is -4.27. The molecule has 2 unspecified atom stereocenters. The van der Waals surface area contributed by atoms with Crippen molar-refractivity contribution >= 4 is 19.8 Å². The molecule has 8 nitrogen and oxygen atoms in total. The van der Waals surface area contributed by atoms with Crippen LogP contribution in [0.3, 0.4) is 0 Å². The fourth-order valence-electron chi connectivity index (χ4n) is 4.20. The molecule has 0 amide bonds. The second-order valence-electron chi connectivity index (χ2n) is 10.5. The molecule has 9 heteroatoms. The van der Waals surface area contributed by atoms with Crippen LogP contribution in [0.15, 0.2) is 0 Å². The van der Waals surface area contributed by atoms with Gasteiger partial charge in [-0.25, -0.2) is 4.57 Å². The van der Waals surface area contributed by atoms with Crippen molar-refractivity contribution in [2.75, 3.05) is 19.8 Å². The molecule has 0 radical (unpaired) electrons. The lowest BCUT2D eigenvalue weighted by atomic mass is 10.1. The van der Waals surface area contributed by atoms with Crippen LogP contribution in [0.1, 0.15) is 156 Å². The summed E-state index contributed by atoms with van der Waals surface area (Å²) in [6, 6.07) is 0. The smallest absolute Gasteiger partial charge is 0.462 e. The maximum atomic E-state index is 12.4. The van der Waals surface area contributed by atoms with Crippen LogP contribution in [-0.4, -0.2) is 42.8 Å². The molecule has 0 spiro atoms. The van der Waals surface area contributed by atoms with Gasteiger partial charge in [-0.2, -0.15) is 0 Å². The summed E-state index contributed by atoms with van der Waals surface area (Å²) in [6.45, 7) is 5.71. The predicted molar refractivity (Wildman–Crippen MR) is 157 cm³/mol. The van der Waals surface area contributed by atoms with Gasteiger partial charge in [-0.3, -0.25) is 18.6 Å². The molecule has 0 heterocycles. The average Bonchev–Trinajstić information content (AvgIpc) is 2.91. The number of phosphoric acid groups is 1. The van der Waals surface area contributed by atoms with Crippen LogP contribution < -0.4 is 0 Å². The van der Waals surface area contributed by atoms with E-state index < -0.39 is 19.9 Å². The highest BCUT2D eigenvalue weighted by atomic mass is 31.2. The monoisotopic (exact) mass is 578 g/mol. The van der Waals surface area contributed by atoms with Gasteiger partial charge in [0.05, 0.1) is 13.2 Å². The van der Waals surface area contributed by atoms with Gasteiger partial charge < -0.3 is 14.4 Å². The number of unbranched alkanes of at least 4 members (excludes halogenated alkanes) is 16. The number of esters is 2. The van der Waals surface area contributed by atoms with E-state index in [9.17, 15) is 19.0 Å². The average molecular weight is 579 g/mol. The van der Waals surface area contributed by atoms with Gasteiger partial charge in [-0.1, -0.05) is 124 Å². The molecule has 0 aliphatic rings. The second-order valence-corrected chi connectivity index (χ2v) is 12.0. The zero-order valence-corrected chi connectivity index (χ0v) is 26.2.